The summed E-state index contributed by atoms with van der Waals surface area (Å²) in [7, 11) is 1.60. The van der Waals surface area contributed by atoms with Gasteiger partial charge in [-0.1, -0.05) is 24.3 Å². The second-order valence-corrected chi connectivity index (χ2v) is 5.63. The molecule has 0 bridgehead atoms. The summed E-state index contributed by atoms with van der Waals surface area (Å²) in [5, 5.41) is 18.0. The van der Waals surface area contributed by atoms with Crippen LogP contribution in [0.15, 0.2) is 36.4 Å². The summed E-state index contributed by atoms with van der Waals surface area (Å²) in [6.07, 6.45) is 4.33. The van der Waals surface area contributed by atoms with Crippen LogP contribution in [0.4, 0.5) is 5.69 Å². The Hall–Kier alpha value is -2.63. The Morgan fingerprint density at radius 2 is 1.61 bits per heavy atom. The number of aliphatic carboxylic acids is 2. The SMILES string of the molecule is CN(C(=O)C1CC=CCC1C(=O)O)c1ccc(CC(=O)O)cc1. The van der Waals surface area contributed by atoms with Crippen LogP contribution in [0.25, 0.3) is 0 Å². The van der Waals surface area contributed by atoms with Gasteiger partial charge in [0.25, 0.3) is 0 Å². The van der Waals surface area contributed by atoms with Crippen LogP contribution in [0.3, 0.4) is 0 Å². The first-order chi connectivity index (χ1) is 10.9. The van der Waals surface area contributed by atoms with E-state index in [1.807, 2.05) is 6.08 Å². The predicted octanol–water partition coefficient (Wildman–Crippen LogP) is 1.94. The summed E-state index contributed by atoms with van der Waals surface area (Å²) in [6, 6.07) is 6.65. The van der Waals surface area contributed by atoms with E-state index in [0.717, 1.165) is 0 Å². The fourth-order valence-corrected chi connectivity index (χ4v) is 2.75. The fourth-order valence-electron chi connectivity index (χ4n) is 2.75. The Bertz CT molecular complexity index is 635. The van der Waals surface area contributed by atoms with Crippen molar-refractivity contribution in [1.29, 1.82) is 0 Å². The molecular weight excluding hydrogens is 298 g/mol. The van der Waals surface area contributed by atoms with E-state index in [2.05, 4.69) is 0 Å². The maximum Gasteiger partial charge on any atom is 0.307 e. The minimum absolute atomic E-state index is 0.0769. The smallest absolute Gasteiger partial charge is 0.307 e. The third-order valence-corrected chi connectivity index (χ3v) is 4.08. The summed E-state index contributed by atoms with van der Waals surface area (Å²) in [4.78, 5) is 36.0. The van der Waals surface area contributed by atoms with Gasteiger partial charge in [-0.2, -0.15) is 0 Å². The molecule has 0 saturated carbocycles. The van der Waals surface area contributed by atoms with Crippen LogP contribution in [-0.2, 0) is 20.8 Å². The number of allylic oxidation sites excluding steroid dienone is 2. The van der Waals surface area contributed by atoms with Crippen LogP contribution in [0, 0.1) is 11.8 Å². The van der Waals surface area contributed by atoms with Crippen molar-refractivity contribution in [3.05, 3.63) is 42.0 Å². The standard InChI is InChI=1S/C17H19NO5/c1-18(12-8-6-11(7-9-12)10-15(19)20)16(21)13-4-2-3-5-14(13)17(22)23/h2-3,6-9,13-14H,4-5,10H2,1H3,(H,19,20)(H,22,23). The molecule has 122 valence electrons. The van der Waals surface area contributed by atoms with E-state index in [0.29, 0.717) is 24.1 Å². The predicted molar refractivity (Wildman–Crippen MR) is 84.2 cm³/mol. The van der Waals surface area contributed by atoms with Crippen LogP contribution in [0.1, 0.15) is 18.4 Å². The molecule has 1 aliphatic rings. The lowest BCUT2D eigenvalue weighted by molar-refractivity contribution is -0.146. The first-order valence-electron chi connectivity index (χ1n) is 7.36. The molecule has 2 rings (SSSR count). The molecule has 6 heteroatoms. The zero-order chi connectivity index (χ0) is 17.0. The van der Waals surface area contributed by atoms with Crippen LogP contribution in [0.5, 0.6) is 0 Å². The minimum atomic E-state index is -0.960. The van der Waals surface area contributed by atoms with Crippen LogP contribution >= 0.6 is 0 Å². The van der Waals surface area contributed by atoms with E-state index in [4.69, 9.17) is 5.11 Å². The number of carbonyl (C=O) groups excluding carboxylic acids is 1. The molecule has 0 heterocycles. The Labute approximate surface area is 134 Å². The molecule has 1 aliphatic carbocycles. The zero-order valence-corrected chi connectivity index (χ0v) is 12.8. The molecule has 1 aromatic rings. The van der Waals surface area contributed by atoms with E-state index in [1.54, 1.807) is 37.4 Å². The molecule has 0 aliphatic heterocycles. The zero-order valence-electron chi connectivity index (χ0n) is 12.8. The van der Waals surface area contributed by atoms with Gasteiger partial charge in [0, 0.05) is 12.7 Å². The number of nitrogens with zero attached hydrogens (tertiary/aromatic N) is 1. The molecule has 6 nitrogen and oxygen atoms in total. The van der Waals surface area contributed by atoms with Crippen molar-refractivity contribution < 1.29 is 24.6 Å². The monoisotopic (exact) mass is 317 g/mol. The third kappa shape index (κ3) is 3.97. The summed E-state index contributed by atoms with van der Waals surface area (Å²) in [5.74, 6) is -3.41. The molecule has 23 heavy (non-hydrogen) atoms. The van der Waals surface area contributed by atoms with E-state index in [9.17, 15) is 19.5 Å². The number of carboxylic acids is 2. The van der Waals surface area contributed by atoms with E-state index < -0.39 is 23.8 Å². The quantitative estimate of drug-likeness (QED) is 0.809. The van der Waals surface area contributed by atoms with E-state index >= 15 is 0 Å². The van der Waals surface area contributed by atoms with Gasteiger partial charge in [0.15, 0.2) is 0 Å². The third-order valence-electron chi connectivity index (χ3n) is 4.08. The van der Waals surface area contributed by atoms with Gasteiger partial charge in [-0.15, -0.1) is 0 Å². The number of anilines is 1. The maximum atomic E-state index is 12.6. The van der Waals surface area contributed by atoms with Crippen LogP contribution in [0.2, 0.25) is 0 Å². The van der Waals surface area contributed by atoms with Crippen molar-refractivity contribution in [2.75, 3.05) is 11.9 Å². The molecule has 1 amide bonds. The topological polar surface area (TPSA) is 94.9 Å². The van der Waals surface area contributed by atoms with Gasteiger partial charge in [0.05, 0.1) is 18.3 Å². The first-order valence-corrected chi connectivity index (χ1v) is 7.36. The lowest BCUT2D eigenvalue weighted by atomic mass is 9.82. The Kier molecular flexibility index (Phi) is 5.16. The van der Waals surface area contributed by atoms with Crippen molar-refractivity contribution in [2.45, 2.75) is 19.3 Å². The lowest BCUT2D eigenvalue weighted by Crippen LogP contribution is -2.40. The molecule has 0 aromatic heterocycles. The average Bonchev–Trinajstić information content (AvgIpc) is 2.53. The Morgan fingerprint density at radius 3 is 2.13 bits per heavy atom. The largest absolute Gasteiger partial charge is 0.481 e. The molecule has 2 unspecified atom stereocenters. The van der Waals surface area contributed by atoms with E-state index in [-0.39, 0.29) is 12.3 Å². The highest BCUT2D eigenvalue weighted by Gasteiger charge is 2.35. The molecule has 0 fully saturated rings. The van der Waals surface area contributed by atoms with Gasteiger partial charge in [0.2, 0.25) is 5.91 Å². The number of hydrogen-bond donors (Lipinski definition) is 2. The fraction of sp³-hybridized carbons (Fsp3) is 0.353. The minimum Gasteiger partial charge on any atom is -0.481 e. The van der Waals surface area contributed by atoms with Gasteiger partial charge in [-0.25, -0.2) is 0 Å². The maximum absolute atomic E-state index is 12.6. The second kappa shape index (κ2) is 7.09. The van der Waals surface area contributed by atoms with Gasteiger partial charge in [-0.3, -0.25) is 14.4 Å². The molecule has 0 radical (unpaired) electrons. The number of hydrogen-bond acceptors (Lipinski definition) is 3. The summed E-state index contributed by atoms with van der Waals surface area (Å²) in [5.41, 5.74) is 1.26. The number of rotatable bonds is 5. The normalized spacial score (nSPS) is 20.0. The molecule has 0 saturated heterocycles. The average molecular weight is 317 g/mol. The van der Waals surface area contributed by atoms with Gasteiger partial charge in [0.1, 0.15) is 0 Å². The highest BCUT2D eigenvalue weighted by atomic mass is 16.4. The van der Waals surface area contributed by atoms with Crippen molar-refractivity contribution in [1.82, 2.24) is 0 Å². The lowest BCUT2D eigenvalue weighted by Gasteiger charge is -2.28. The molecule has 2 N–H and O–H groups in total. The summed E-state index contributed by atoms with van der Waals surface area (Å²) in [6.45, 7) is 0. The second-order valence-electron chi connectivity index (χ2n) is 5.63. The van der Waals surface area contributed by atoms with Crippen molar-refractivity contribution in [3.63, 3.8) is 0 Å². The number of benzene rings is 1. The number of amides is 1. The Balaban J connectivity index is 2.13. The van der Waals surface area contributed by atoms with Crippen molar-refractivity contribution >= 4 is 23.5 Å². The first kappa shape index (κ1) is 16.7. The van der Waals surface area contributed by atoms with Gasteiger partial charge in [-0.05, 0) is 30.5 Å². The number of carboxylic acid groups (broad SMARTS) is 2. The van der Waals surface area contributed by atoms with Crippen molar-refractivity contribution in [3.8, 4) is 0 Å². The van der Waals surface area contributed by atoms with Crippen LogP contribution in [-0.4, -0.2) is 35.1 Å². The molecule has 1 aromatic carbocycles. The highest BCUT2D eigenvalue weighted by Crippen LogP contribution is 2.29. The molecule has 0 spiro atoms. The number of carbonyl (C=O) groups is 3. The Morgan fingerprint density at radius 1 is 1.04 bits per heavy atom. The molecular formula is C17H19NO5. The highest BCUT2D eigenvalue weighted by molar-refractivity contribution is 5.97. The summed E-state index contributed by atoms with van der Waals surface area (Å²) < 4.78 is 0. The summed E-state index contributed by atoms with van der Waals surface area (Å²) >= 11 is 0. The van der Waals surface area contributed by atoms with Crippen molar-refractivity contribution in [2.24, 2.45) is 11.8 Å². The van der Waals surface area contributed by atoms with E-state index in [1.165, 1.54) is 4.90 Å². The molecule has 2 atom stereocenters. The van der Waals surface area contributed by atoms with Gasteiger partial charge < -0.3 is 15.1 Å². The van der Waals surface area contributed by atoms with Gasteiger partial charge >= 0.3 is 11.9 Å². The van der Waals surface area contributed by atoms with Crippen LogP contribution < -0.4 is 4.90 Å².